The molecule has 1 aromatic rings. The second kappa shape index (κ2) is 7.68. The maximum absolute atomic E-state index is 11.8. The summed E-state index contributed by atoms with van der Waals surface area (Å²) in [6, 6.07) is 7.25. The summed E-state index contributed by atoms with van der Waals surface area (Å²) in [4.78, 5) is 22.8. The smallest absolute Gasteiger partial charge is 0.260 e. The minimum atomic E-state index is -0.535. The molecule has 0 aliphatic rings. The molecular weight excluding hydrogens is 254 g/mol. The van der Waals surface area contributed by atoms with Gasteiger partial charge >= 0.3 is 0 Å². The molecule has 0 aliphatic carbocycles. The number of hydrogen-bond donors (Lipinski definition) is 1. The fourth-order valence-corrected chi connectivity index (χ4v) is 1.68. The lowest BCUT2D eigenvalue weighted by Crippen LogP contribution is -2.38. The van der Waals surface area contributed by atoms with Crippen LogP contribution >= 0.6 is 0 Å². The Hall–Kier alpha value is -1.84. The van der Waals surface area contributed by atoms with Gasteiger partial charge in [-0.05, 0) is 37.5 Å². The molecule has 1 amide bonds. The topological polar surface area (TPSA) is 55.4 Å². The lowest BCUT2D eigenvalue weighted by Gasteiger charge is -2.15. The zero-order chi connectivity index (χ0) is 15.1. The van der Waals surface area contributed by atoms with E-state index < -0.39 is 6.10 Å². The van der Waals surface area contributed by atoms with Crippen LogP contribution in [0.25, 0.3) is 0 Å². The van der Waals surface area contributed by atoms with Gasteiger partial charge in [0.15, 0.2) is 6.10 Å². The molecule has 0 fully saturated rings. The molecular formula is C16H23NO3. The van der Waals surface area contributed by atoms with Crippen molar-refractivity contribution in [1.82, 2.24) is 5.32 Å². The van der Waals surface area contributed by atoms with Crippen molar-refractivity contribution >= 4 is 11.7 Å². The molecule has 0 spiro atoms. The minimum absolute atomic E-state index is 0.119. The molecule has 1 aromatic carbocycles. The van der Waals surface area contributed by atoms with Gasteiger partial charge in [-0.1, -0.05) is 26.0 Å². The highest BCUT2D eigenvalue weighted by Gasteiger charge is 2.14. The number of carbonyl (C=O) groups is 2. The van der Waals surface area contributed by atoms with Gasteiger partial charge in [-0.15, -0.1) is 0 Å². The fourth-order valence-electron chi connectivity index (χ4n) is 1.68. The van der Waals surface area contributed by atoms with E-state index in [9.17, 15) is 9.59 Å². The van der Waals surface area contributed by atoms with E-state index in [1.54, 1.807) is 26.0 Å². The maximum Gasteiger partial charge on any atom is 0.260 e. The lowest BCUT2D eigenvalue weighted by molar-refractivity contribution is -0.127. The molecule has 1 N–H and O–H groups in total. The van der Waals surface area contributed by atoms with Gasteiger partial charge in [0.25, 0.3) is 5.91 Å². The van der Waals surface area contributed by atoms with Crippen molar-refractivity contribution in [2.75, 3.05) is 6.54 Å². The van der Waals surface area contributed by atoms with Crippen LogP contribution in [0.5, 0.6) is 5.75 Å². The molecule has 0 radical (unpaired) electrons. The molecule has 0 saturated carbocycles. The molecule has 1 unspecified atom stereocenters. The van der Waals surface area contributed by atoms with E-state index in [2.05, 4.69) is 5.32 Å². The Labute approximate surface area is 120 Å². The van der Waals surface area contributed by atoms with Gasteiger partial charge in [-0.2, -0.15) is 0 Å². The summed E-state index contributed by atoms with van der Waals surface area (Å²) in [5.74, 6) is 1.05. The number of benzene rings is 1. The van der Waals surface area contributed by atoms with Gasteiger partial charge in [-0.3, -0.25) is 9.59 Å². The van der Waals surface area contributed by atoms with E-state index in [1.165, 1.54) is 0 Å². The third kappa shape index (κ3) is 5.87. The largest absolute Gasteiger partial charge is 0.481 e. The molecule has 110 valence electrons. The third-order valence-corrected chi connectivity index (χ3v) is 2.74. The van der Waals surface area contributed by atoms with Crippen LogP contribution in [0.3, 0.4) is 0 Å². The number of rotatable bonds is 7. The molecule has 1 rings (SSSR count). The third-order valence-electron chi connectivity index (χ3n) is 2.74. The zero-order valence-corrected chi connectivity index (χ0v) is 12.6. The van der Waals surface area contributed by atoms with Crippen LogP contribution in [0.2, 0.25) is 0 Å². The Morgan fingerprint density at radius 1 is 1.15 bits per heavy atom. The van der Waals surface area contributed by atoms with Crippen molar-refractivity contribution < 1.29 is 14.3 Å². The van der Waals surface area contributed by atoms with Gasteiger partial charge < -0.3 is 10.1 Å². The number of carbonyl (C=O) groups excluding carboxylic acids is 2. The van der Waals surface area contributed by atoms with Crippen LogP contribution in [-0.2, 0) is 16.0 Å². The summed E-state index contributed by atoms with van der Waals surface area (Å²) in [5.41, 5.74) is 0.946. The van der Waals surface area contributed by atoms with E-state index in [0.29, 0.717) is 24.6 Å². The molecule has 4 heteroatoms. The number of ether oxygens (including phenoxy) is 1. The second-order valence-electron chi connectivity index (χ2n) is 5.42. The van der Waals surface area contributed by atoms with Gasteiger partial charge in [0.05, 0.1) is 0 Å². The number of amides is 1. The fraction of sp³-hybridized carbons (Fsp3) is 0.500. The average Bonchev–Trinajstić information content (AvgIpc) is 2.37. The number of Topliss-reactive ketones (excluding diaryl/α,β-unsaturated/α-hetero) is 1. The Balaban J connectivity index is 2.51. The summed E-state index contributed by atoms with van der Waals surface area (Å²) < 4.78 is 5.57. The predicted molar refractivity (Wildman–Crippen MR) is 78.8 cm³/mol. The average molecular weight is 277 g/mol. The molecule has 0 saturated heterocycles. The van der Waals surface area contributed by atoms with Crippen LogP contribution < -0.4 is 10.1 Å². The molecule has 0 aliphatic heterocycles. The van der Waals surface area contributed by atoms with Crippen molar-refractivity contribution in [1.29, 1.82) is 0 Å². The summed E-state index contributed by atoms with van der Waals surface area (Å²) in [6.07, 6.45) is -0.113. The zero-order valence-electron chi connectivity index (χ0n) is 12.6. The summed E-state index contributed by atoms with van der Waals surface area (Å²) in [5, 5.41) is 2.83. The van der Waals surface area contributed by atoms with Crippen molar-refractivity contribution in [3.63, 3.8) is 0 Å². The Bertz CT molecular complexity index is 451. The normalized spacial score (nSPS) is 12.1. The van der Waals surface area contributed by atoms with E-state index >= 15 is 0 Å². The van der Waals surface area contributed by atoms with Crippen LogP contribution in [0.15, 0.2) is 24.3 Å². The summed E-state index contributed by atoms with van der Waals surface area (Å²) in [7, 11) is 0. The molecule has 0 bridgehead atoms. The van der Waals surface area contributed by atoms with Crippen molar-refractivity contribution in [3.8, 4) is 5.75 Å². The van der Waals surface area contributed by atoms with Crippen LogP contribution in [-0.4, -0.2) is 24.3 Å². The van der Waals surface area contributed by atoms with Crippen LogP contribution in [0.4, 0.5) is 0 Å². The number of nitrogens with one attached hydrogen (secondary N) is 1. The lowest BCUT2D eigenvalue weighted by atomic mass is 10.1. The number of hydrogen-bond acceptors (Lipinski definition) is 3. The Morgan fingerprint density at radius 2 is 1.75 bits per heavy atom. The standard InChI is InChI=1S/C16H23NO3/c1-11(2)10-17-16(19)13(4)20-15-7-5-14(6-8-15)9-12(3)18/h5-8,11,13H,9-10H2,1-4H3,(H,17,19). The summed E-state index contributed by atoms with van der Waals surface area (Å²) in [6.45, 7) is 8.01. The van der Waals surface area contributed by atoms with Gasteiger partial charge in [0, 0.05) is 13.0 Å². The highest BCUT2D eigenvalue weighted by atomic mass is 16.5. The van der Waals surface area contributed by atoms with Crippen molar-refractivity contribution in [2.45, 2.75) is 40.2 Å². The molecule has 1 atom stereocenters. The monoisotopic (exact) mass is 277 g/mol. The first-order valence-corrected chi connectivity index (χ1v) is 6.91. The first-order chi connectivity index (χ1) is 9.38. The summed E-state index contributed by atoms with van der Waals surface area (Å²) >= 11 is 0. The highest BCUT2D eigenvalue weighted by molar-refractivity contribution is 5.80. The minimum Gasteiger partial charge on any atom is -0.481 e. The van der Waals surface area contributed by atoms with E-state index in [0.717, 1.165) is 5.56 Å². The molecule has 0 aromatic heterocycles. The van der Waals surface area contributed by atoms with Crippen LogP contribution in [0, 0.1) is 5.92 Å². The molecule has 0 heterocycles. The molecule has 20 heavy (non-hydrogen) atoms. The van der Waals surface area contributed by atoms with Gasteiger partial charge in [0.2, 0.25) is 0 Å². The van der Waals surface area contributed by atoms with Crippen molar-refractivity contribution in [3.05, 3.63) is 29.8 Å². The maximum atomic E-state index is 11.8. The predicted octanol–water partition coefficient (Wildman–Crippen LogP) is 2.36. The van der Waals surface area contributed by atoms with Crippen LogP contribution in [0.1, 0.15) is 33.3 Å². The van der Waals surface area contributed by atoms with E-state index in [-0.39, 0.29) is 11.7 Å². The van der Waals surface area contributed by atoms with Crippen molar-refractivity contribution in [2.24, 2.45) is 5.92 Å². The molecule has 4 nitrogen and oxygen atoms in total. The Morgan fingerprint density at radius 3 is 2.25 bits per heavy atom. The first kappa shape index (κ1) is 16.2. The van der Waals surface area contributed by atoms with Gasteiger partial charge in [0.1, 0.15) is 11.5 Å². The van der Waals surface area contributed by atoms with Gasteiger partial charge in [-0.25, -0.2) is 0 Å². The Kier molecular flexibility index (Phi) is 6.22. The second-order valence-corrected chi connectivity index (χ2v) is 5.42. The highest BCUT2D eigenvalue weighted by Crippen LogP contribution is 2.14. The van der Waals surface area contributed by atoms with E-state index in [1.807, 2.05) is 26.0 Å². The first-order valence-electron chi connectivity index (χ1n) is 6.91. The quantitative estimate of drug-likeness (QED) is 0.832. The SMILES string of the molecule is CC(=O)Cc1ccc(OC(C)C(=O)NCC(C)C)cc1. The number of ketones is 1. The van der Waals surface area contributed by atoms with E-state index in [4.69, 9.17) is 4.74 Å².